The fraction of sp³-hybridized carbons (Fsp3) is 0.0476. The van der Waals surface area contributed by atoms with Crippen molar-refractivity contribution in [2.75, 3.05) is 21.3 Å². The van der Waals surface area contributed by atoms with E-state index in [9.17, 15) is 0 Å². The van der Waals surface area contributed by atoms with Crippen molar-refractivity contribution < 1.29 is 27.5 Å². The molecule has 15 rings (SSSR count). The molecule has 0 bridgehead atoms. The molecule has 6 nitrogen and oxygen atoms in total. The summed E-state index contributed by atoms with van der Waals surface area (Å²) in [6.07, 6.45) is 0. The van der Waals surface area contributed by atoms with Crippen molar-refractivity contribution in [1.29, 1.82) is 0 Å². The predicted octanol–water partition coefficient (Wildman–Crippen LogP) is 17.7. The summed E-state index contributed by atoms with van der Waals surface area (Å²) in [5.41, 5.74) is 5.67. The molecule has 0 N–H and O–H groups in total. The molecule has 0 unspecified atom stereocenters. The summed E-state index contributed by atoms with van der Waals surface area (Å²) in [5.74, 6) is 2.61. The van der Waals surface area contributed by atoms with E-state index in [-0.39, 0.29) is 0 Å². The average molecular weight is 895 g/mol. The van der Waals surface area contributed by atoms with Crippen LogP contribution in [0, 0.1) is 0 Å². The van der Waals surface area contributed by atoms with Crippen LogP contribution in [0.4, 0.5) is 0 Å². The summed E-state index contributed by atoms with van der Waals surface area (Å²) in [7, 11) is 5.08. The van der Waals surface area contributed by atoms with Crippen molar-refractivity contribution in [3.05, 3.63) is 200 Å². The fourth-order valence-electron chi connectivity index (χ4n) is 10.3. The maximum absolute atomic E-state index is 6.20. The maximum atomic E-state index is 6.20. The van der Waals surface area contributed by atoms with Gasteiger partial charge in [-0.05, 0) is 139 Å². The van der Waals surface area contributed by atoms with Gasteiger partial charge in [-0.25, -0.2) is 0 Å². The minimum absolute atomic E-state index is 0.869. The first-order valence-electron chi connectivity index (χ1n) is 23.0. The van der Waals surface area contributed by atoms with Crippen molar-refractivity contribution in [1.82, 2.24) is 0 Å². The van der Waals surface area contributed by atoms with Gasteiger partial charge in [0.2, 0.25) is 0 Å². The van der Waals surface area contributed by atoms with E-state index >= 15 is 0 Å². The molecular weight excluding hydrogens is 853 g/mol. The van der Waals surface area contributed by atoms with Crippen molar-refractivity contribution in [2.24, 2.45) is 0 Å². The number of rotatable bonds is 3. The summed E-state index contributed by atoms with van der Waals surface area (Å²) >= 11 is 0. The van der Waals surface area contributed by atoms with Crippen LogP contribution in [0.25, 0.3) is 130 Å². The van der Waals surface area contributed by atoms with Gasteiger partial charge in [0.25, 0.3) is 0 Å². The monoisotopic (exact) mass is 894 g/mol. The highest BCUT2D eigenvalue weighted by Gasteiger charge is 2.16. The number of fused-ring (bicyclic) bond motifs is 21. The Labute approximate surface area is 395 Å². The van der Waals surface area contributed by atoms with E-state index in [1.807, 2.05) is 54.6 Å². The summed E-state index contributed by atoms with van der Waals surface area (Å²) in [5, 5.41) is 21.1. The Balaban J connectivity index is 0.000000102. The number of benzene rings is 12. The van der Waals surface area contributed by atoms with Crippen LogP contribution >= 0.6 is 0 Å². The summed E-state index contributed by atoms with van der Waals surface area (Å²) in [6.45, 7) is 0. The van der Waals surface area contributed by atoms with Gasteiger partial charge in [0.1, 0.15) is 50.7 Å². The van der Waals surface area contributed by atoms with E-state index in [4.69, 9.17) is 27.5 Å². The van der Waals surface area contributed by atoms with Gasteiger partial charge in [-0.3, -0.25) is 0 Å². The van der Waals surface area contributed by atoms with Crippen LogP contribution in [0.3, 0.4) is 0 Å². The number of hydrogen-bond donors (Lipinski definition) is 0. The van der Waals surface area contributed by atoms with E-state index in [1.165, 1.54) is 48.5 Å². The Morgan fingerprint density at radius 3 is 0.812 bits per heavy atom. The SMILES string of the molecule is COc1ccc2c(ccc3ccc4c5ccccc5oc4c32)c1.COc1ccc2c(ccc3ccc4c5ccccc5oc4c32)c1.COc1ccc2c(ccc3ccc4c5ccccc5oc4c32)c1. The van der Waals surface area contributed by atoms with E-state index < -0.39 is 0 Å². The van der Waals surface area contributed by atoms with Crippen LogP contribution in [0.1, 0.15) is 0 Å². The molecule has 69 heavy (non-hydrogen) atoms. The number of furan rings is 3. The highest BCUT2D eigenvalue weighted by molar-refractivity contribution is 6.25. The van der Waals surface area contributed by atoms with Crippen LogP contribution in [-0.4, -0.2) is 21.3 Å². The topological polar surface area (TPSA) is 67.1 Å². The molecule has 3 aromatic heterocycles. The van der Waals surface area contributed by atoms with E-state index in [0.717, 1.165) is 99.2 Å². The van der Waals surface area contributed by atoms with Gasteiger partial charge in [0.15, 0.2) is 0 Å². The minimum atomic E-state index is 0.869. The molecule has 3 heterocycles. The third-order valence-electron chi connectivity index (χ3n) is 13.6. The zero-order valence-corrected chi connectivity index (χ0v) is 38.0. The normalized spacial score (nSPS) is 11.7. The number of para-hydroxylation sites is 3. The van der Waals surface area contributed by atoms with Crippen molar-refractivity contribution >= 4 is 130 Å². The molecule has 0 aliphatic heterocycles. The van der Waals surface area contributed by atoms with Crippen LogP contribution in [-0.2, 0) is 0 Å². The molecule has 0 saturated carbocycles. The second-order valence-corrected chi connectivity index (χ2v) is 17.4. The predicted molar refractivity (Wildman–Crippen MR) is 286 cm³/mol. The number of hydrogen-bond acceptors (Lipinski definition) is 6. The Morgan fingerprint density at radius 1 is 0.246 bits per heavy atom. The molecule has 0 spiro atoms. The molecule has 330 valence electrons. The molecule has 15 aromatic rings. The second-order valence-electron chi connectivity index (χ2n) is 17.4. The molecule has 0 amide bonds. The Kier molecular flexibility index (Phi) is 9.41. The van der Waals surface area contributed by atoms with Gasteiger partial charge >= 0.3 is 0 Å². The average Bonchev–Trinajstić information content (AvgIpc) is 4.12. The van der Waals surface area contributed by atoms with Crippen LogP contribution in [0.15, 0.2) is 213 Å². The fourth-order valence-corrected chi connectivity index (χ4v) is 10.3. The zero-order valence-electron chi connectivity index (χ0n) is 38.0. The Morgan fingerprint density at radius 2 is 0.507 bits per heavy atom. The summed E-state index contributed by atoms with van der Waals surface area (Å²) in [4.78, 5) is 0. The standard InChI is InChI=1S/3C21H14O2/c3*1-22-15-9-11-16-14(12-15)7-6-13-8-10-18-17-4-2-3-5-19(17)23-21(18)20(13)16/h3*2-12H,1H3. The van der Waals surface area contributed by atoms with Crippen molar-refractivity contribution in [3.8, 4) is 17.2 Å². The van der Waals surface area contributed by atoms with Gasteiger partial charge in [0, 0.05) is 48.5 Å². The van der Waals surface area contributed by atoms with Crippen LogP contribution in [0.2, 0.25) is 0 Å². The highest BCUT2D eigenvalue weighted by Crippen LogP contribution is 2.41. The third kappa shape index (κ3) is 6.56. The van der Waals surface area contributed by atoms with Gasteiger partial charge in [-0.1, -0.05) is 109 Å². The zero-order chi connectivity index (χ0) is 46.2. The van der Waals surface area contributed by atoms with Crippen LogP contribution < -0.4 is 14.2 Å². The molecule has 0 radical (unpaired) electrons. The highest BCUT2D eigenvalue weighted by atomic mass is 16.5. The smallest absolute Gasteiger partial charge is 0.143 e. The summed E-state index contributed by atoms with van der Waals surface area (Å²) in [6, 6.07) is 68.9. The third-order valence-corrected chi connectivity index (χ3v) is 13.6. The van der Waals surface area contributed by atoms with E-state index in [1.54, 1.807) is 21.3 Å². The van der Waals surface area contributed by atoms with Gasteiger partial charge in [-0.15, -0.1) is 0 Å². The quantitative estimate of drug-likeness (QED) is 0.165. The lowest BCUT2D eigenvalue weighted by molar-refractivity contribution is 0.415. The number of ether oxygens (including phenoxy) is 3. The van der Waals surface area contributed by atoms with E-state index in [2.05, 4.69) is 146 Å². The van der Waals surface area contributed by atoms with Gasteiger partial charge in [0.05, 0.1) is 21.3 Å². The second kappa shape index (κ2) is 16.1. The first-order valence-corrected chi connectivity index (χ1v) is 23.0. The van der Waals surface area contributed by atoms with E-state index in [0.29, 0.717) is 0 Å². The Hall–Kier alpha value is -9.00. The molecule has 0 fully saturated rings. The van der Waals surface area contributed by atoms with Crippen LogP contribution in [0.5, 0.6) is 17.2 Å². The van der Waals surface area contributed by atoms with Gasteiger partial charge < -0.3 is 27.5 Å². The van der Waals surface area contributed by atoms with Crippen molar-refractivity contribution in [2.45, 2.75) is 0 Å². The molecule has 0 saturated heterocycles. The molecule has 6 heteroatoms. The Bertz CT molecular complexity index is 4050. The first kappa shape index (κ1) is 40.3. The lowest BCUT2D eigenvalue weighted by Gasteiger charge is -2.06. The minimum Gasteiger partial charge on any atom is -0.497 e. The molecule has 0 atom stereocenters. The lowest BCUT2D eigenvalue weighted by atomic mass is 9.99. The largest absolute Gasteiger partial charge is 0.497 e. The maximum Gasteiger partial charge on any atom is 0.143 e. The summed E-state index contributed by atoms with van der Waals surface area (Å²) < 4.78 is 34.6. The molecule has 0 aliphatic rings. The molecule has 12 aromatic carbocycles. The first-order chi connectivity index (χ1) is 34.0. The van der Waals surface area contributed by atoms with Crippen molar-refractivity contribution in [3.63, 3.8) is 0 Å². The lowest BCUT2D eigenvalue weighted by Crippen LogP contribution is -1.83. The molecular formula is C63H42O6. The number of methoxy groups -OCH3 is 3. The van der Waals surface area contributed by atoms with Gasteiger partial charge in [-0.2, -0.15) is 0 Å². The molecule has 0 aliphatic carbocycles.